The SMILES string of the molecule is COC(=O)C1CCC(Cn2c(=O)c3c(C)c(C)ccc3n(Cc3cccc(C(F)(F)F)c3C#N)c2=O)CC1. The van der Waals surface area contributed by atoms with Crippen molar-refractivity contribution in [2.45, 2.75) is 58.8 Å². The molecule has 0 spiro atoms. The fraction of sp³-hybridized carbons (Fsp3) is 0.429. The van der Waals surface area contributed by atoms with Crippen molar-refractivity contribution in [1.82, 2.24) is 9.13 Å². The van der Waals surface area contributed by atoms with Crippen LogP contribution in [-0.2, 0) is 28.8 Å². The Labute approximate surface area is 217 Å². The zero-order valence-corrected chi connectivity index (χ0v) is 21.4. The standard InChI is InChI=1S/C28H28F3N3O4/c1-16-7-12-23-24(17(16)2)25(35)34(14-18-8-10-19(11-9-18)26(36)38-3)27(37)33(23)15-20-5-4-6-22(21(20)13-32)28(29,30)31/h4-7,12,18-19H,8-11,14-15H2,1-3H3. The third-order valence-corrected chi connectivity index (χ3v) is 7.64. The first kappa shape index (κ1) is 27.2. The van der Waals surface area contributed by atoms with Crippen LogP contribution in [0.4, 0.5) is 13.2 Å². The summed E-state index contributed by atoms with van der Waals surface area (Å²) >= 11 is 0. The fourth-order valence-corrected chi connectivity index (χ4v) is 5.36. The number of hydrogen-bond donors (Lipinski definition) is 0. The van der Waals surface area contributed by atoms with E-state index < -0.39 is 28.6 Å². The minimum absolute atomic E-state index is 0.0273. The zero-order chi connectivity index (χ0) is 27.8. The number of halogens is 3. The topological polar surface area (TPSA) is 94.1 Å². The van der Waals surface area contributed by atoms with Crippen LogP contribution in [0, 0.1) is 37.0 Å². The van der Waals surface area contributed by atoms with Crippen molar-refractivity contribution in [2.75, 3.05) is 7.11 Å². The Morgan fingerprint density at radius 2 is 1.76 bits per heavy atom. The van der Waals surface area contributed by atoms with Crippen LogP contribution in [0.3, 0.4) is 0 Å². The summed E-state index contributed by atoms with van der Waals surface area (Å²) in [5.74, 6) is -0.508. The van der Waals surface area contributed by atoms with E-state index in [1.807, 2.05) is 6.92 Å². The smallest absolute Gasteiger partial charge is 0.417 e. The summed E-state index contributed by atoms with van der Waals surface area (Å²) in [6.07, 6.45) is -2.31. The van der Waals surface area contributed by atoms with E-state index in [0.29, 0.717) is 42.1 Å². The molecule has 4 rings (SSSR count). The molecule has 1 aliphatic carbocycles. The lowest BCUT2D eigenvalue weighted by Gasteiger charge is -2.27. The number of ether oxygens (including phenoxy) is 1. The number of rotatable bonds is 5. The number of nitriles is 1. The van der Waals surface area contributed by atoms with E-state index >= 15 is 0 Å². The quantitative estimate of drug-likeness (QED) is 0.449. The van der Waals surface area contributed by atoms with Gasteiger partial charge in [-0.15, -0.1) is 0 Å². The summed E-state index contributed by atoms with van der Waals surface area (Å²) in [6, 6.07) is 8.44. The van der Waals surface area contributed by atoms with Gasteiger partial charge in [0.1, 0.15) is 6.07 Å². The van der Waals surface area contributed by atoms with Crippen molar-refractivity contribution < 1.29 is 22.7 Å². The van der Waals surface area contributed by atoms with Gasteiger partial charge in [0, 0.05) is 6.54 Å². The minimum Gasteiger partial charge on any atom is -0.469 e. The van der Waals surface area contributed by atoms with Crippen molar-refractivity contribution in [3.05, 3.63) is 79.0 Å². The molecule has 2 aromatic carbocycles. The van der Waals surface area contributed by atoms with Crippen molar-refractivity contribution in [3.8, 4) is 6.07 Å². The first-order valence-corrected chi connectivity index (χ1v) is 12.4. The molecule has 7 nitrogen and oxygen atoms in total. The first-order chi connectivity index (χ1) is 18.0. The molecular formula is C28H28F3N3O4. The third kappa shape index (κ3) is 4.97. The van der Waals surface area contributed by atoms with Gasteiger partial charge in [0.05, 0.1) is 41.6 Å². The molecular weight excluding hydrogens is 499 g/mol. The molecule has 10 heteroatoms. The van der Waals surface area contributed by atoms with Crippen molar-refractivity contribution in [1.29, 1.82) is 5.26 Å². The normalized spacial score (nSPS) is 17.8. The number of benzene rings is 2. The molecule has 38 heavy (non-hydrogen) atoms. The molecule has 0 radical (unpaired) electrons. The van der Waals surface area contributed by atoms with E-state index in [9.17, 15) is 32.8 Å². The van der Waals surface area contributed by atoms with Gasteiger partial charge in [-0.3, -0.25) is 18.7 Å². The second-order valence-corrected chi connectivity index (χ2v) is 9.88. The van der Waals surface area contributed by atoms with E-state index in [-0.39, 0.29) is 36.5 Å². The van der Waals surface area contributed by atoms with Crippen LogP contribution < -0.4 is 11.2 Å². The highest BCUT2D eigenvalue weighted by Crippen LogP contribution is 2.34. The predicted octanol–water partition coefficient (Wildman–Crippen LogP) is 4.70. The van der Waals surface area contributed by atoms with Gasteiger partial charge in [-0.1, -0.05) is 18.2 Å². The Balaban J connectivity index is 1.83. The second-order valence-electron chi connectivity index (χ2n) is 9.88. The van der Waals surface area contributed by atoms with Crippen molar-refractivity contribution in [2.24, 2.45) is 11.8 Å². The Bertz CT molecular complexity index is 1560. The number of aromatic nitrogens is 2. The molecule has 1 saturated carbocycles. The Morgan fingerprint density at radius 3 is 2.37 bits per heavy atom. The van der Waals surface area contributed by atoms with E-state index in [1.165, 1.54) is 23.8 Å². The highest BCUT2D eigenvalue weighted by Gasteiger charge is 2.34. The molecule has 0 N–H and O–H groups in total. The molecule has 0 aliphatic heterocycles. The van der Waals surface area contributed by atoms with Gasteiger partial charge in [-0.2, -0.15) is 18.4 Å². The number of fused-ring (bicyclic) bond motifs is 1. The van der Waals surface area contributed by atoms with Gasteiger partial charge in [0.2, 0.25) is 0 Å². The molecule has 0 unspecified atom stereocenters. The van der Waals surface area contributed by atoms with Crippen LogP contribution in [0.25, 0.3) is 10.9 Å². The van der Waals surface area contributed by atoms with E-state index in [0.717, 1.165) is 16.2 Å². The monoisotopic (exact) mass is 527 g/mol. The molecule has 3 aromatic rings. The molecule has 1 fully saturated rings. The first-order valence-electron chi connectivity index (χ1n) is 12.4. The fourth-order valence-electron chi connectivity index (χ4n) is 5.36. The Kier molecular flexibility index (Phi) is 7.49. The van der Waals surface area contributed by atoms with Crippen molar-refractivity contribution in [3.63, 3.8) is 0 Å². The number of carbonyl (C=O) groups excluding carboxylic acids is 1. The number of methoxy groups -OCH3 is 1. The zero-order valence-electron chi connectivity index (χ0n) is 21.4. The third-order valence-electron chi connectivity index (χ3n) is 7.64. The van der Waals surface area contributed by atoms with E-state index in [1.54, 1.807) is 25.1 Å². The predicted molar refractivity (Wildman–Crippen MR) is 135 cm³/mol. The summed E-state index contributed by atoms with van der Waals surface area (Å²) < 4.78 is 48.0. The number of nitrogens with zero attached hydrogens (tertiary/aromatic N) is 3. The molecule has 200 valence electrons. The number of aryl methyl sites for hydroxylation is 2. The lowest BCUT2D eigenvalue weighted by molar-refractivity contribution is -0.146. The molecule has 0 bridgehead atoms. The minimum atomic E-state index is -4.73. The van der Waals surface area contributed by atoms with E-state index in [2.05, 4.69) is 0 Å². The maximum absolute atomic E-state index is 13.7. The number of hydrogen-bond acceptors (Lipinski definition) is 5. The highest BCUT2D eigenvalue weighted by atomic mass is 19.4. The average molecular weight is 528 g/mol. The maximum atomic E-state index is 13.7. The molecule has 1 aliphatic rings. The van der Waals surface area contributed by atoms with Crippen LogP contribution >= 0.6 is 0 Å². The average Bonchev–Trinajstić information content (AvgIpc) is 2.89. The van der Waals surface area contributed by atoms with Crippen LogP contribution in [0.2, 0.25) is 0 Å². The van der Waals surface area contributed by atoms with Crippen LogP contribution in [0.15, 0.2) is 39.9 Å². The van der Waals surface area contributed by atoms with Crippen molar-refractivity contribution >= 4 is 16.9 Å². The lowest BCUT2D eigenvalue weighted by Crippen LogP contribution is -2.42. The second kappa shape index (κ2) is 10.5. The molecule has 1 heterocycles. The summed E-state index contributed by atoms with van der Waals surface area (Å²) in [6.45, 7) is 3.43. The number of alkyl halides is 3. The van der Waals surface area contributed by atoms with Gasteiger partial charge >= 0.3 is 17.8 Å². The molecule has 1 aromatic heterocycles. The Morgan fingerprint density at radius 1 is 1.08 bits per heavy atom. The van der Waals surface area contributed by atoms with Gasteiger partial charge in [0.25, 0.3) is 5.56 Å². The van der Waals surface area contributed by atoms with Gasteiger partial charge in [-0.25, -0.2) is 4.79 Å². The lowest BCUT2D eigenvalue weighted by atomic mass is 9.82. The number of esters is 1. The molecule has 0 amide bonds. The molecule has 0 atom stereocenters. The summed E-state index contributed by atoms with van der Waals surface area (Å²) in [5.41, 5.74) is -0.886. The maximum Gasteiger partial charge on any atom is 0.417 e. The molecule has 0 saturated heterocycles. The van der Waals surface area contributed by atoms with Crippen LogP contribution in [-0.4, -0.2) is 22.2 Å². The van der Waals surface area contributed by atoms with Gasteiger partial charge in [-0.05, 0) is 74.3 Å². The van der Waals surface area contributed by atoms with Gasteiger partial charge in [0.15, 0.2) is 0 Å². The summed E-state index contributed by atoms with van der Waals surface area (Å²) in [4.78, 5) is 39.2. The highest BCUT2D eigenvalue weighted by molar-refractivity contribution is 5.83. The number of carbonyl (C=O) groups is 1. The summed E-state index contributed by atoms with van der Waals surface area (Å²) in [7, 11) is 1.35. The van der Waals surface area contributed by atoms with Gasteiger partial charge < -0.3 is 4.74 Å². The van der Waals surface area contributed by atoms with Crippen LogP contribution in [0.1, 0.15) is 53.5 Å². The summed E-state index contributed by atoms with van der Waals surface area (Å²) in [5, 5.41) is 9.89. The largest absolute Gasteiger partial charge is 0.469 e. The Hall–Kier alpha value is -3.87. The van der Waals surface area contributed by atoms with Crippen LogP contribution in [0.5, 0.6) is 0 Å². The van der Waals surface area contributed by atoms with E-state index in [4.69, 9.17) is 4.74 Å².